The minimum atomic E-state index is -0.220. The van der Waals surface area contributed by atoms with Crippen molar-refractivity contribution in [3.05, 3.63) is 0 Å². The second kappa shape index (κ2) is 4.45. The van der Waals surface area contributed by atoms with Gasteiger partial charge in [-0.05, 0) is 13.8 Å². The summed E-state index contributed by atoms with van der Waals surface area (Å²) in [4.78, 5) is 5.02. The average Bonchev–Trinajstić information content (AvgIpc) is 1.97. The van der Waals surface area contributed by atoms with E-state index in [1.807, 2.05) is 6.92 Å². The molecule has 0 radical (unpaired) electrons. The fourth-order valence-corrected chi connectivity index (χ4v) is 0.339. The summed E-state index contributed by atoms with van der Waals surface area (Å²) in [5, 5.41) is 12.6. The van der Waals surface area contributed by atoms with Gasteiger partial charge in [-0.1, -0.05) is 25.9 Å². The maximum absolute atomic E-state index is 8.66. The molecule has 0 aliphatic rings. The standard InChI is InChI=1S/C9H19NO2/c1-7(6-11)12-10-8(2)9(3,4)5/h7,11H,6H2,1-5H3/b10-8+. The summed E-state index contributed by atoms with van der Waals surface area (Å²) in [5.74, 6) is 0. The first-order valence-electron chi connectivity index (χ1n) is 4.19. The minimum absolute atomic E-state index is 0.000916. The fourth-order valence-electron chi connectivity index (χ4n) is 0.339. The van der Waals surface area contributed by atoms with Crippen molar-refractivity contribution in [2.45, 2.75) is 40.7 Å². The highest BCUT2D eigenvalue weighted by Gasteiger charge is 2.15. The van der Waals surface area contributed by atoms with Crippen LogP contribution in [0.1, 0.15) is 34.6 Å². The lowest BCUT2D eigenvalue weighted by Crippen LogP contribution is -2.19. The molecule has 0 saturated heterocycles. The number of aliphatic hydroxyl groups is 1. The van der Waals surface area contributed by atoms with Crippen LogP contribution in [0.2, 0.25) is 0 Å². The van der Waals surface area contributed by atoms with Crippen LogP contribution in [0.25, 0.3) is 0 Å². The van der Waals surface area contributed by atoms with Crippen molar-refractivity contribution in [3.63, 3.8) is 0 Å². The molecule has 0 heterocycles. The molecular formula is C9H19NO2. The van der Waals surface area contributed by atoms with Gasteiger partial charge in [0, 0.05) is 5.41 Å². The Morgan fingerprint density at radius 2 is 2.00 bits per heavy atom. The number of oxime groups is 1. The molecule has 1 atom stereocenters. The second-order valence-electron chi connectivity index (χ2n) is 4.03. The Morgan fingerprint density at radius 3 is 2.33 bits per heavy atom. The molecule has 0 fully saturated rings. The lowest BCUT2D eigenvalue weighted by molar-refractivity contribution is 0.0276. The molecule has 1 unspecified atom stereocenters. The zero-order valence-corrected chi connectivity index (χ0v) is 8.59. The van der Waals surface area contributed by atoms with E-state index in [9.17, 15) is 0 Å². The monoisotopic (exact) mass is 173 g/mol. The van der Waals surface area contributed by atoms with Crippen LogP contribution in [0.15, 0.2) is 5.16 Å². The summed E-state index contributed by atoms with van der Waals surface area (Å²) >= 11 is 0. The molecule has 0 aliphatic carbocycles. The molecule has 3 heteroatoms. The Bertz CT molecular complexity index is 158. The van der Waals surface area contributed by atoms with E-state index in [0.717, 1.165) is 5.71 Å². The molecule has 12 heavy (non-hydrogen) atoms. The third kappa shape index (κ3) is 4.34. The maximum atomic E-state index is 8.66. The topological polar surface area (TPSA) is 41.8 Å². The third-order valence-electron chi connectivity index (χ3n) is 1.71. The van der Waals surface area contributed by atoms with Crippen LogP contribution >= 0.6 is 0 Å². The first-order valence-corrected chi connectivity index (χ1v) is 4.19. The van der Waals surface area contributed by atoms with Crippen molar-refractivity contribution in [1.29, 1.82) is 0 Å². The van der Waals surface area contributed by atoms with Gasteiger partial charge in [-0.15, -0.1) is 0 Å². The molecule has 0 aromatic heterocycles. The number of aliphatic hydroxyl groups excluding tert-OH is 1. The van der Waals surface area contributed by atoms with E-state index in [2.05, 4.69) is 25.9 Å². The molecule has 3 nitrogen and oxygen atoms in total. The Kier molecular flexibility index (Phi) is 4.24. The molecule has 0 aliphatic heterocycles. The van der Waals surface area contributed by atoms with Gasteiger partial charge in [0.05, 0.1) is 12.3 Å². The number of hydrogen-bond donors (Lipinski definition) is 1. The SMILES string of the molecule is C/C(=N\OC(C)CO)C(C)(C)C. The van der Waals surface area contributed by atoms with E-state index in [1.54, 1.807) is 6.92 Å². The summed E-state index contributed by atoms with van der Waals surface area (Å²) < 4.78 is 0. The van der Waals surface area contributed by atoms with Gasteiger partial charge in [-0.2, -0.15) is 0 Å². The number of nitrogens with zero attached hydrogens (tertiary/aromatic N) is 1. The summed E-state index contributed by atoms with van der Waals surface area (Å²) in [6, 6.07) is 0. The minimum Gasteiger partial charge on any atom is -0.392 e. The van der Waals surface area contributed by atoms with E-state index in [1.165, 1.54) is 0 Å². The smallest absolute Gasteiger partial charge is 0.147 e. The van der Waals surface area contributed by atoms with Crippen LogP contribution < -0.4 is 0 Å². The quantitative estimate of drug-likeness (QED) is 0.522. The molecule has 1 N–H and O–H groups in total. The number of rotatable bonds is 3. The van der Waals surface area contributed by atoms with Gasteiger partial charge in [0.15, 0.2) is 0 Å². The van der Waals surface area contributed by atoms with Gasteiger partial charge in [-0.3, -0.25) is 0 Å². The van der Waals surface area contributed by atoms with Crippen LogP contribution in [-0.4, -0.2) is 23.5 Å². The molecule has 0 aromatic rings. The van der Waals surface area contributed by atoms with Crippen LogP contribution in [0, 0.1) is 5.41 Å². The van der Waals surface area contributed by atoms with Gasteiger partial charge < -0.3 is 9.94 Å². The van der Waals surface area contributed by atoms with E-state index in [0.29, 0.717) is 0 Å². The lowest BCUT2D eigenvalue weighted by Gasteiger charge is -2.17. The van der Waals surface area contributed by atoms with Gasteiger partial charge >= 0.3 is 0 Å². The Hall–Kier alpha value is -0.570. The Balaban J connectivity index is 4.01. The first-order chi connectivity index (χ1) is 5.38. The lowest BCUT2D eigenvalue weighted by atomic mass is 9.91. The van der Waals surface area contributed by atoms with E-state index < -0.39 is 0 Å². The van der Waals surface area contributed by atoms with Gasteiger partial charge in [0.1, 0.15) is 6.10 Å². The largest absolute Gasteiger partial charge is 0.392 e. The van der Waals surface area contributed by atoms with Crippen molar-refractivity contribution < 1.29 is 9.94 Å². The highest BCUT2D eigenvalue weighted by molar-refractivity contribution is 5.86. The third-order valence-corrected chi connectivity index (χ3v) is 1.71. The van der Waals surface area contributed by atoms with Crippen molar-refractivity contribution in [2.24, 2.45) is 10.6 Å². The summed E-state index contributed by atoms with van der Waals surface area (Å²) in [6.07, 6.45) is -0.220. The molecule has 72 valence electrons. The van der Waals surface area contributed by atoms with Gasteiger partial charge in [0.2, 0.25) is 0 Å². The molecule has 0 amide bonds. The van der Waals surface area contributed by atoms with Gasteiger partial charge in [0.25, 0.3) is 0 Å². The van der Waals surface area contributed by atoms with Crippen LogP contribution in [-0.2, 0) is 4.84 Å². The van der Waals surface area contributed by atoms with Crippen molar-refractivity contribution in [1.82, 2.24) is 0 Å². The molecule has 0 aromatic carbocycles. The molecule has 0 bridgehead atoms. The zero-order valence-electron chi connectivity index (χ0n) is 8.59. The van der Waals surface area contributed by atoms with Gasteiger partial charge in [-0.25, -0.2) is 0 Å². The predicted octanol–water partition coefficient (Wildman–Crippen LogP) is 1.81. The predicted molar refractivity (Wildman–Crippen MR) is 50.2 cm³/mol. The normalized spacial score (nSPS) is 16.0. The van der Waals surface area contributed by atoms with E-state index in [4.69, 9.17) is 9.94 Å². The van der Waals surface area contributed by atoms with E-state index in [-0.39, 0.29) is 18.1 Å². The van der Waals surface area contributed by atoms with Crippen LogP contribution in [0.4, 0.5) is 0 Å². The van der Waals surface area contributed by atoms with Crippen LogP contribution in [0.5, 0.6) is 0 Å². The zero-order chi connectivity index (χ0) is 9.78. The summed E-state index contributed by atoms with van der Waals surface area (Å²) in [6.45, 7) is 9.90. The summed E-state index contributed by atoms with van der Waals surface area (Å²) in [7, 11) is 0. The molecular weight excluding hydrogens is 154 g/mol. The molecule has 0 saturated carbocycles. The Morgan fingerprint density at radius 1 is 1.50 bits per heavy atom. The highest BCUT2D eigenvalue weighted by Crippen LogP contribution is 2.15. The maximum Gasteiger partial charge on any atom is 0.147 e. The van der Waals surface area contributed by atoms with Crippen LogP contribution in [0.3, 0.4) is 0 Å². The summed E-state index contributed by atoms with van der Waals surface area (Å²) in [5.41, 5.74) is 0.970. The number of hydrogen-bond acceptors (Lipinski definition) is 3. The van der Waals surface area contributed by atoms with Crippen molar-refractivity contribution in [3.8, 4) is 0 Å². The fraction of sp³-hybridized carbons (Fsp3) is 0.889. The molecule has 0 rings (SSSR count). The second-order valence-corrected chi connectivity index (χ2v) is 4.03. The van der Waals surface area contributed by atoms with Crippen molar-refractivity contribution >= 4 is 5.71 Å². The highest BCUT2D eigenvalue weighted by atomic mass is 16.6. The van der Waals surface area contributed by atoms with E-state index >= 15 is 0 Å². The first kappa shape index (κ1) is 11.4. The Labute approximate surface area is 74.4 Å². The van der Waals surface area contributed by atoms with Crippen molar-refractivity contribution in [2.75, 3.05) is 6.61 Å². The average molecular weight is 173 g/mol. The molecule has 0 spiro atoms.